The minimum absolute atomic E-state index is 0.135. The van der Waals surface area contributed by atoms with Gasteiger partial charge in [0.05, 0.1) is 4.90 Å². The molecule has 0 heterocycles. The highest BCUT2D eigenvalue weighted by molar-refractivity contribution is 7.92. The SMILES string of the molecule is Cc1ccc(NC(=S)Nc2ccc(C)c(S(=O)(=O)Nc3ccccc3)c2)cc1F. The average molecular weight is 430 g/mol. The number of nitrogens with one attached hydrogen (secondary N) is 3. The number of halogens is 1. The lowest BCUT2D eigenvalue weighted by atomic mass is 10.2. The standard InChI is InChI=1S/C21H20FN3O2S2/c1-14-8-10-17(12-19(14)22)23-21(28)24-18-11-9-15(2)20(13-18)29(26,27)25-16-6-4-3-5-7-16/h3-13,25H,1-2H3,(H2,23,24,28). The molecule has 3 N–H and O–H groups in total. The van der Waals surface area contributed by atoms with E-state index in [1.807, 2.05) is 0 Å². The van der Waals surface area contributed by atoms with E-state index in [1.54, 1.807) is 68.4 Å². The molecule has 0 aromatic heterocycles. The summed E-state index contributed by atoms with van der Waals surface area (Å²) in [6.07, 6.45) is 0. The van der Waals surface area contributed by atoms with Crippen molar-refractivity contribution in [2.75, 3.05) is 15.4 Å². The molecule has 8 heteroatoms. The van der Waals surface area contributed by atoms with Gasteiger partial charge in [-0.3, -0.25) is 4.72 Å². The van der Waals surface area contributed by atoms with Crippen molar-refractivity contribution in [2.24, 2.45) is 0 Å². The van der Waals surface area contributed by atoms with Crippen molar-refractivity contribution in [3.8, 4) is 0 Å². The predicted molar refractivity (Wildman–Crippen MR) is 119 cm³/mol. The summed E-state index contributed by atoms with van der Waals surface area (Å²) in [5.41, 5.74) is 2.60. The lowest BCUT2D eigenvalue weighted by molar-refractivity contribution is 0.600. The summed E-state index contributed by atoms with van der Waals surface area (Å²) < 4.78 is 41.8. The third-order valence-corrected chi connectivity index (χ3v) is 5.92. The van der Waals surface area contributed by atoms with Crippen LogP contribution in [0.25, 0.3) is 0 Å². The molecule has 0 aliphatic rings. The van der Waals surface area contributed by atoms with E-state index in [2.05, 4.69) is 15.4 Å². The number of aryl methyl sites for hydroxylation is 2. The molecule has 3 aromatic rings. The van der Waals surface area contributed by atoms with Gasteiger partial charge in [0.15, 0.2) is 5.11 Å². The number of hydrogen-bond acceptors (Lipinski definition) is 3. The summed E-state index contributed by atoms with van der Waals surface area (Å²) in [7, 11) is -3.77. The maximum absolute atomic E-state index is 13.7. The quantitative estimate of drug-likeness (QED) is 0.495. The summed E-state index contributed by atoms with van der Waals surface area (Å²) >= 11 is 5.26. The molecule has 5 nitrogen and oxygen atoms in total. The number of benzene rings is 3. The third kappa shape index (κ3) is 5.30. The van der Waals surface area contributed by atoms with Gasteiger partial charge in [0, 0.05) is 17.1 Å². The number of hydrogen-bond donors (Lipinski definition) is 3. The molecule has 0 radical (unpaired) electrons. The van der Waals surface area contributed by atoms with Crippen molar-refractivity contribution in [3.63, 3.8) is 0 Å². The fourth-order valence-corrected chi connectivity index (χ4v) is 4.21. The monoisotopic (exact) mass is 429 g/mol. The van der Waals surface area contributed by atoms with Gasteiger partial charge in [-0.15, -0.1) is 0 Å². The van der Waals surface area contributed by atoms with E-state index in [1.165, 1.54) is 12.1 Å². The number of rotatable bonds is 5. The van der Waals surface area contributed by atoms with Gasteiger partial charge in [0.1, 0.15) is 5.82 Å². The van der Waals surface area contributed by atoms with Crippen LogP contribution in [0.2, 0.25) is 0 Å². The lowest BCUT2D eigenvalue weighted by Crippen LogP contribution is -2.20. The van der Waals surface area contributed by atoms with Crippen LogP contribution in [0.3, 0.4) is 0 Å². The van der Waals surface area contributed by atoms with Crippen LogP contribution in [-0.2, 0) is 10.0 Å². The Balaban J connectivity index is 1.77. The summed E-state index contributed by atoms with van der Waals surface area (Å²) in [4.78, 5) is 0.135. The van der Waals surface area contributed by atoms with E-state index in [0.29, 0.717) is 28.2 Å². The van der Waals surface area contributed by atoms with Crippen LogP contribution in [-0.4, -0.2) is 13.5 Å². The normalized spacial score (nSPS) is 11.0. The van der Waals surface area contributed by atoms with Gasteiger partial charge in [0.25, 0.3) is 10.0 Å². The lowest BCUT2D eigenvalue weighted by Gasteiger charge is -2.14. The molecule has 0 spiro atoms. The summed E-state index contributed by atoms with van der Waals surface area (Å²) in [5.74, 6) is -0.339. The summed E-state index contributed by atoms with van der Waals surface area (Å²) in [6.45, 7) is 3.39. The maximum Gasteiger partial charge on any atom is 0.262 e. The zero-order valence-corrected chi connectivity index (χ0v) is 17.5. The smallest absolute Gasteiger partial charge is 0.262 e. The highest BCUT2D eigenvalue weighted by atomic mass is 32.2. The van der Waals surface area contributed by atoms with E-state index in [9.17, 15) is 12.8 Å². The van der Waals surface area contributed by atoms with Crippen molar-refractivity contribution in [1.82, 2.24) is 0 Å². The molecule has 3 aromatic carbocycles. The molecule has 0 aliphatic heterocycles. The second-order valence-electron chi connectivity index (χ2n) is 6.49. The fraction of sp³-hybridized carbons (Fsp3) is 0.0952. The Morgan fingerprint density at radius 1 is 0.828 bits per heavy atom. The van der Waals surface area contributed by atoms with Crippen LogP contribution in [0.1, 0.15) is 11.1 Å². The zero-order chi connectivity index (χ0) is 21.0. The first-order valence-corrected chi connectivity index (χ1v) is 10.7. The Kier molecular flexibility index (Phi) is 6.14. The van der Waals surface area contributed by atoms with E-state index in [4.69, 9.17) is 12.2 Å². The molecule has 0 fully saturated rings. The van der Waals surface area contributed by atoms with Gasteiger partial charge in [-0.25, -0.2) is 12.8 Å². The molecule has 0 saturated carbocycles. The molecule has 0 saturated heterocycles. The third-order valence-electron chi connectivity index (χ3n) is 4.19. The van der Waals surface area contributed by atoms with Gasteiger partial charge >= 0.3 is 0 Å². The van der Waals surface area contributed by atoms with Crippen LogP contribution < -0.4 is 15.4 Å². The van der Waals surface area contributed by atoms with Crippen molar-refractivity contribution in [3.05, 3.63) is 83.7 Å². The Morgan fingerprint density at radius 3 is 2.03 bits per heavy atom. The molecule has 29 heavy (non-hydrogen) atoms. The highest BCUT2D eigenvalue weighted by Gasteiger charge is 2.18. The van der Waals surface area contributed by atoms with Gasteiger partial charge in [-0.1, -0.05) is 30.3 Å². The van der Waals surface area contributed by atoms with Crippen molar-refractivity contribution in [2.45, 2.75) is 18.7 Å². The molecule has 0 bridgehead atoms. The summed E-state index contributed by atoms with van der Waals surface area (Å²) in [5, 5.41) is 6.04. The molecular formula is C21H20FN3O2S2. The first kappa shape index (κ1) is 20.8. The van der Waals surface area contributed by atoms with Crippen molar-refractivity contribution in [1.29, 1.82) is 0 Å². The number of anilines is 3. The topological polar surface area (TPSA) is 70.2 Å². The Labute approximate surface area is 175 Å². The van der Waals surface area contributed by atoms with Gasteiger partial charge < -0.3 is 10.6 Å². The second kappa shape index (κ2) is 8.59. The van der Waals surface area contributed by atoms with Gasteiger partial charge in [-0.05, 0) is 73.6 Å². The molecule has 0 aliphatic carbocycles. The van der Waals surface area contributed by atoms with Crippen LogP contribution in [0.4, 0.5) is 21.5 Å². The molecule has 0 amide bonds. The van der Waals surface area contributed by atoms with Crippen LogP contribution in [0.15, 0.2) is 71.6 Å². The average Bonchev–Trinajstić information content (AvgIpc) is 2.66. The zero-order valence-electron chi connectivity index (χ0n) is 15.9. The van der Waals surface area contributed by atoms with E-state index in [-0.39, 0.29) is 15.8 Å². The van der Waals surface area contributed by atoms with Crippen LogP contribution in [0.5, 0.6) is 0 Å². The van der Waals surface area contributed by atoms with Crippen LogP contribution in [0, 0.1) is 19.7 Å². The molecule has 3 rings (SSSR count). The highest BCUT2D eigenvalue weighted by Crippen LogP contribution is 2.23. The maximum atomic E-state index is 13.7. The van der Waals surface area contributed by atoms with Gasteiger partial charge in [-0.2, -0.15) is 0 Å². The van der Waals surface area contributed by atoms with Crippen molar-refractivity contribution >= 4 is 44.4 Å². The first-order valence-electron chi connectivity index (χ1n) is 8.77. The molecular weight excluding hydrogens is 409 g/mol. The van der Waals surface area contributed by atoms with Gasteiger partial charge in [0.2, 0.25) is 0 Å². The number of thiocarbonyl (C=S) groups is 1. The molecule has 0 atom stereocenters. The molecule has 0 unspecified atom stereocenters. The van der Waals surface area contributed by atoms with E-state index >= 15 is 0 Å². The van der Waals surface area contributed by atoms with Crippen molar-refractivity contribution < 1.29 is 12.8 Å². The largest absolute Gasteiger partial charge is 0.332 e. The second-order valence-corrected chi connectivity index (χ2v) is 8.55. The number of para-hydroxylation sites is 1. The predicted octanol–water partition coefficient (Wildman–Crippen LogP) is 5.05. The first-order chi connectivity index (χ1) is 13.7. The molecule has 150 valence electrons. The van der Waals surface area contributed by atoms with Crippen LogP contribution >= 0.6 is 12.2 Å². The minimum Gasteiger partial charge on any atom is -0.332 e. The number of sulfonamides is 1. The Morgan fingerprint density at radius 2 is 1.41 bits per heavy atom. The summed E-state index contributed by atoms with van der Waals surface area (Å²) in [6, 6.07) is 18.3. The minimum atomic E-state index is -3.77. The Hall–Kier alpha value is -2.97. The fourth-order valence-electron chi connectivity index (χ4n) is 2.65. The van der Waals surface area contributed by atoms with E-state index in [0.717, 1.165) is 0 Å². The van der Waals surface area contributed by atoms with E-state index < -0.39 is 10.0 Å². The Bertz CT molecular complexity index is 1150.